The van der Waals surface area contributed by atoms with E-state index < -0.39 is 0 Å². The summed E-state index contributed by atoms with van der Waals surface area (Å²) >= 11 is 0. The largest absolute Gasteiger partial charge is 0.350 e. The molecule has 0 aliphatic rings. The van der Waals surface area contributed by atoms with Crippen molar-refractivity contribution < 1.29 is 4.79 Å². The fourth-order valence-electron chi connectivity index (χ4n) is 2.32. The topological polar surface area (TPSA) is 46.9 Å². The van der Waals surface area contributed by atoms with E-state index in [-0.39, 0.29) is 5.91 Å². The molecule has 20 heavy (non-hydrogen) atoms. The maximum absolute atomic E-state index is 12.3. The fraction of sp³-hybridized carbons (Fsp3) is 0.125. The molecule has 0 fully saturated rings. The number of nitrogens with one attached hydrogen (secondary N) is 1. The monoisotopic (exact) mass is 265 g/mol. The smallest absolute Gasteiger partial charge is 0.253 e. The van der Waals surface area contributed by atoms with Crippen LogP contribution in [0.2, 0.25) is 0 Å². The van der Waals surface area contributed by atoms with Gasteiger partial charge < -0.3 is 9.88 Å². The van der Waals surface area contributed by atoms with Crippen LogP contribution in [-0.4, -0.2) is 15.5 Å². The third-order valence-corrected chi connectivity index (χ3v) is 3.34. The Morgan fingerprint density at radius 2 is 2.00 bits per heavy atom. The van der Waals surface area contributed by atoms with Crippen molar-refractivity contribution >= 4 is 16.8 Å². The van der Waals surface area contributed by atoms with Crippen LogP contribution in [-0.2, 0) is 13.6 Å². The molecule has 100 valence electrons. The molecule has 4 heteroatoms. The van der Waals surface area contributed by atoms with Crippen LogP contribution in [0, 0.1) is 0 Å². The molecule has 1 aromatic carbocycles. The number of fused-ring (bicyclic) bond motifs is 1. The van der Waals surface area contributed by atoms with E-state index in [1.807, 2.05) is 54.2 Å². The zero-order valence-electron chi connectivity index (χ0n) is 11.2. The van der Waals surface area contributed by atoms with Crippen molar-refractivity contribution in [1.29, 1.82) is 0 Å². The van der Waals surface area contributed by atoms with Crippen LogP contribution in [0.4, 0.5) is 0 Å². The molecular weight excluding hydrogens is 250 g/mol. The summed E-state index contributed by atoms with van der Waals surface area (Å²) in [6.45, 7) is 0.502. The predicted octanol–water partition coefficient (Wildman–Crippen LogP) is 2.50. The molecule has 0 aliphatic carbocycles. The minimum atomic E-state index is -0.0609. The van der Waals surface area contributed by atoms with Crippen molar-refractivity contribution in [2.24, 2.45) is 7.05 Å². The first kappa shape index (κ1) is 12.4. The third-order valence-electron chi connectivity index (χ3n) is 3.34. The van der Waals surface area contributed by atoms with Gasteiger partial charge in [0.25, 0.3) is 5.91 Å². The zero-order valence-corrected chi connectivity index (χ0v) is 11.2. The van der Waals surface area contributed by atoms with Gasteiger partial charge >= 0.3 is 0 Å². The summed E-state index contributed by atoms with van der Waals surface area (Å²) in [6.07, 6.45) is 5.41. The van der Waals surface area contributed by atoms with Crippen molar-refractivity contribution in [3.8, 4) is 0 Å². The maximum Gasteiger partial charge on any atom is 0.253 e. The summed E-state index contributed by atoms with van der Waals surface area (Å²) in [5.41, 5.74) is 2.69. The maximum atomic E-state index is 12.3. The van der Waals surface area contributed by atoms with Crippen molar-refractivity contribution in [3.05, 3.63) is 66.1 Å². The Kier molecular flexibility index (Phi) is 3.21. The number of hydrogen-bond donors (Lipinski definition) is 1. The molecule has 2 heterocycles. The van der Waals surface area contributed by atoms with Gasteiger partial charge in [-0.15, -0.1) is 0 Å². The average molecular weight is 265 g/mol. The van der Waals surface area contributed by atoms with E-state index in [2.05, 4.69) is 10.3 Å². The van der Waals surface area contributed by atoms with Gasteiger partial charge in [0.05, 0.1) is 11.1 Å². The normalized spacial score (nSPS) is 10.7. The highest BCUT2D eigenvalue weighted by atomic mass is 16.1. The highest BCUT2D eigenvalue weighted by molar-refractivity contribution is 6.05. The number of para-hydroxylation sites is 1. The number of aromatic nitrogens is 2. The Hall–Kier alpha value is -2.62. The van der Waals surface area contributed by atoms with Gasteiger partial charge in [-0.05, 0) is 29.8 Å². The predicted molar refractivity (Wildman–Crippen MR) is 78.3 cm³/mol. The van der Waals surface area contributed by atoms with Gasteiger partial charge in [-0.25, -0.2) is 0 Å². The molecule has 0 spiro atoms. The molecule has 0 unspecified atom stereocenters. The molecule has 3 aromatic rings. The number of carbonyl (C=O) groups excluding carboxylic acids is 1. The van der Waals surface area contributed by atoms with Crippen LogP contribution in [0.15, 0.2) is 55.0 Å². The zero-order chi connectivity index (χ0) is 13.9. The number of carbonyl (C=O) groups is 1. The van der Waals surface area contributed by atoms with Crippen molar-refractivity contribution in [1.82, 2.24) is 14.9 Å². The molecule has 1 amide bonds. The molecular formula is C16H15N3O. The Bertz CT molecular complexity index is 747. The number of pyridine rings is 1. The second-order valence-electron chi connectivity index (χ2n) is 4.71. The molecule has 0 saturated carbocycles. The van der Waals surface area contributed by atoms with Gasteiger partial charge in [-0.2, -0.15) is 0 Å². The van der Waals surface area contributed by atoms with Gasteiger partial charge in [0.1, 0.15) is 0 Å². The standard InChI is InChI=1S/C16H15N3O/c1-19-10-7-13-3-2-4-14(15(13)19)16(20)18-11-12-5-8-17-9-6-12/h2-10H,11H2,1H3,(H,18,20). The van der Waals surface area contributed by atoms with Crippen LogP contribution in [0.3, 0.4) is 0 Å². The van der Waals surface area contributed by atoms with Crippen LogP contribution >= 0.6 is 0 Å². The summed E-state index contributed by atoms with van der Waals surface area (Å²) in [7, 11) is 1.95. The third kappa shape index (κ3) is 2.28. The number of nitrogens with zero attached hydrogens (tertiary/aromatic N) is 2. The lowest BCUT2D eigenvalue weighted by Crippen LogP contribution is -2.23. The summed E-state index contributed by atoms with van der Waals surface area (Å²) in [4.78, 5) is 16.3. The van der Waals surface area contributed by atoms with E-state index in [0.717, 1.165) is 16.5 Å². The lowest BCUT2D eigenvalue weighted by Gasteiger charge is -2.08. The lowest BCUT2D eigenvalue weighted by atomic mass is 10.1. The number of amides is 1. The lowest BCUT2D eigenvalue weighted by molar-refractivity contribution is 0.0952. The first-order valence-corrected chi connectivity index (χ1v) is 6.47. The first-order valence-electron chi connectivity index (χ1n) is 6.47. The first-order chi connectivity index (χ1) is 9.75. The molecule has 2 aromatic heterocycles. The van der Waals surface area contributed by atoms with E-state index >= 15 is 0 Å². The fourth-order valence-corrected chi connectivity index (χ4v) is 2.32. The van der Waals surface area contributed by atoms with E-state index in [0.29, 0.717) is 12.1 Å². The average Bonchev–Trinajstić information content (AvgIpc) is 2.87. The van der Waals surface area contributed by atoms with E-state index in [9.17, 15) is 4.79 Å². The van der Waals surface area contributed by atoms with Crippen LogP contribution in [0.25, 0.3) is 10.9 Å². The molecule has 4 nitrogen and oxygen atoms in total. The number of aryl methyl sites for hydroxylation is 1. The van der Waals surface area contributed by atoms with Crippen molar-refractivity contribution in [3.63, 3.8) is 0 Å². The quantitative estimate of drug-likeness (QED) is 0.791. The molecule has 0 aliphatic heterocycles. The number of rotatable bonds is 3. The Labute approximate surface area is 117 Å². The van der Waals surface area contributed by atoms with Gasteiger partial charge in [-0.3, -0.25) is 9.78 Å². The molecule has 1 N–H and O–H groups in total. The van der Waals surface area contributed by atoms with Gasteiger partial charge in [-0.1, -0.05) is 12.1 Å². The minimum absolute atomic E-state index is 0.0609. The van der Waals surface area contributed by atoms with Crippen molar-refractivity contribution in [2.45, 2.75) is 6.54 Å². The Morgan fingerprint density at radius 3 is 2.80 bits per heavy atom. The highest BCUT2D eigenvalue weighted by Crippen LogP contribution is 2.19. The van der Waals surface area contributed by atoms with Gasteiger partial charge in [0.15, 0.2) is 0 Å². The highest BCUT2D eigenvalue weighted by Gasteiger charge is 2.11. The second kappa shape index (κ2) is 5.17. The molecule has 0 radical (unpaired) electrons. The van der Waals surface area contributed by atoms with Gasteiger partial charge in [0, 0.05) is 37.6 Å². The Morgan fingerprint density at radius 1 is 1.20 bits per heavy atom. The number of benzene rings is 1. The van der Waals surface area contributed by atoms with Crippen molar-refractivity contribution in [2.75, 3.05) is 0 Å². The molecule has 0 saturated heterocycles. The van der Waals surface area contributed by atoms with Crippen LogP contribution < -0.4 is 5.32 Å². The van der Waals surface area contributed by atoms with Crippen LogP contribution in [0.5, 0.6) is 0 Å². The second-order valence-corrected chi connectivity index (χ2v) is 4.71. The Balaban J connectivity index is 1.84. The molecule has 3 rings (SSSR count). The van der Waals surface area contributed by atoms with E-state index in [4.69, 9.17) is 0 Å². The SMILES string of the molecule is Cn1ccc2cccc(C(=O)NCc3ccncc3)c21. The number of hydrogen-bond acceptors (Lipinski definition) is 2. The van der Waals surface area contributed by atoms with Gasteiger partial charge in [0.2, 0.25) is 0 Å². The van der Waals surface area contributed by atoms with E-state index in [1.54, 1.807) is 12.4 Å². The molecule has 0 atom stereocenters. The summed E-state index contributed by atoms with van der Waals surface area (Å²) in [5, 5.41) is 4.02. The molecule has 0 bridgehead atoms. The van der Waals surface area contributed by atoms with Crippen LogP contribution in [0.1, 0.15) is 15.9 Å². The summed E-state index contributed by atoms with van der Waals surface area (Å²) in [5.74, 6) is -0.0609. The van der Waals surface area contributed by atoms with E-state index in [1.165, 1.54) is 0 Å². The minimum Gasteiger partial charge on any atom is -0.350 e. The summed E-state index contributed by atoms with van der Waals surface area (Å²) in [6, 6.07) is 11.6. The summed E-state index contributed by atoms with van der Waals surface area (Å²) < 4.78 is 1.97.